The second kappa shape index (κ2) is 12.2. The number of hydrogen-bond donors (Lipinski definition) is 4. The zero-order valence-electron chi connectivity index (χ0n) is 22.7. The third-order valence-corrected chi connectivity index (χ3v) is 8.49. The van der Waals surface area contributed by atoms with Crippen LogP contribution in [0.25, 0.3) is 21.0 Å². The van der Waals surface area contributed by atoms with Crippen molar-refractivity contribution >= 4 is 44.3 Å². The van der Waals surface area contributed by atoms with Crippen LogP contribution >= 0.6 is 11.3 Å². The van der Waals surface area contributed by atoms with Gasteiger partial charge in [0.05, 0.1) is 0 Å². The van der Waals surface area contributed by atoms with Gasteiger partial charge in [-0.2, -0.15) is 0 Å². The summed E-state index contributed by atoms with van der Waals surface area (Å²) in [5, 5.41) is 28.0. The number of thiophene rings is 1. The van der Waals surface area contributed by atoms with E-state index in [0.717, 1.165) is 41.7 Å². The highest BCUT2D eigenvalue weighted by Crippen LogP contribution is 2.39. The lowest BCUT2D eigenvalue weighted by Crippen LogP contribution is -2.45. The summed E-state index contributed by atoms with van der Waals surface area (Å²) >= 11 is 1.97. The van der Waals surface area contributed by atoms with Crippen LogP contribution in [0.5, 0.6) is 5.75 Å². The quantitative estimate of drug-likeness (QED) is 0.234. The van der Waals surface area contributed by atoms with E-state index in [-0.39, 0.29) is 0 Å². The first-order chi connectivity index (χ1) is 18.5. The van der Waals surface area contributed by atoms with E-state index in [4.69, 9.17) is 24.5 Å². The molecule has 8 nitrogen and oxygen atoms in total. The van der Waals surface area contributed by atoms with Gasteiger partial charge in [-0.05, 0) is 99.8 Å². The first-order valence-corrected chi connectivity index (χ1v) is 13.9. The van der Waals surface area contributed by atoms with Crippen molar-refractivity contribution in [3.63, 3.8) is 0 Å². The summed E-state index contributed by atoms with van der Waals surface area (Å²) in [4.78, 5) is 25.5. The van der Waals surface area contributed by atoms with Gasteiger partial charge in [-0.1, -0.05) is 12.1 Å². The number of nitrogens with zero attached hydrogens (tertiary/aromatic N) is 1. The molecule has 0 unspecified atom stereocenters. The molecule has 1 aliphatic rings. The summed E-state index contributed by atoms with van der Waals surface area (Å²) in [5.41, 5.74) is 4.91. The number of carboxylic acids is 2. The first-order valence-electron chi connectivity index (χ1n) is 13.1. The average Bonchev–Trinajstić information content (AvgIpc) is 3.47. The lowest BCUT2D eigenvalue weighted by molar-refractivity contribution is -0.159. The van der Waals surface area contributed by atoms with Crippen molar-refractivity contribution in [1.29, 1.82) is 0 Å². The third-order valence-electron chi connectivity index (χ3n) is 7.24. The fraction of sp³-hybridized carbons (Fsp3) is 0.400. The van der Waals surface area contributed by atoms with Gasteiger partial charge in [-0.25, -0.2) is 9.59 Å². The normalized spacial score (nSPS) is 18.5. The van der Waals surface area contributed by atoms with Gasteiger partial charge in [0.1, 0.15) is 18.5 Å². The number of β-amino-alcohol motifs (C(OH)–C–C–N with tert-alkyl or cyclic N) is 1. The second-order valence-electron chi connectivity index (χ2n) is 10.5. The molecule has 5 rings (SSSR count). The van der Waals surface area contributed by atoms with Crippen molar-refractivity contribution in [1.82, 2.24) is 9.88 Å². The summed E-state index contributed by atoms with van der Waals surface area (Å²) in [7, 11) is 0. The van der Waals surface area contributed by atoms with Crippen molar-refractivity contribution in [2.75, 3.05) is 19.7 Å². The zero-order chi connectivity index (χ0) is 28.3. The predicted molar refractivity (Wildman–Crippen MR) is 154 cm³/mol. The van der Waals surface area contributed by atoms with Gasteiger partial charge in [0.2, 0.25) is 0 Å². The van der Waals surface area contributed by atoms with Crippen LogP contribution in [0.2, 0.25) is 0 Å². The number of rotatable bonds is 6. The molecule has 39 heavy (non-hydrogen) atoms. The van der Waals surface area contributed by atoms with Crippen LogP contribution in [0.15, 0.2) is 42.5 Å². The Bertz CT molecular complexity index is 1460. The predicted octanol–water partition coefficient (Wildman–Crippen LogP) is 5.47. The maximum absolute atomic E-state index is 10.7. The van der Waals surface area contributed by atoms with Gasteiger partial charge in [0.25, 0.3) is 0 Å². The summed E-state index contributed by atoms with van der Waals surface area (Å²) < 4.78 is 7.44. The zero-order valence-corrected chi connectivity index (χ0v) is 23.5. The number of carbonyl (C=O) groups is 2. The van der Waals surface area contributed by atoms with E-state index in [9.17, 15) is 5.11 Å². The minimum Gasteiger partial charge on any atom is -0.490 e. The van der Waals surface area contributed by atoms with Crippen LogP contribution in [0, 0.1) is 20.8 Å². The highest BCUT2D eigenvalue weighted by molar-refractivity contribution is 7.19. The number of hydrogen-bond acceptors (Lipinski definition) is 6. The van der Waals surface area contributed by atoms with E-state index in [1.807, 2.05) is 30.4 Å². The molecule has 0 saturated carbocycles. The molecule has 1 saturated heterocycles. The van der Waals surface area contributed by atoms with E-state index in [2.05, 4.69) is 61.0 Å². The molecule has 208 valence electrons. The molecule has 0 radical (unpaired) electrons. The Kier molecular flexibility index (Phi) is 8.94. The van der Waals surface area contributed by atoms with E-state index >= 15 is 0 Å². The Hall–Kier alpha value is -3.40. The van der Waals surface area contributed by atoms with Crippen LogP contribution in [0.4, 0.5) is 0 Å². The number of H-pyrrole nitrogens is 1. The Balaban J connectivity index is 0.000000531. The number of piperidine rings is 1. The van der Waals surface area contributed by atoms with Gasteiger partial charge >= 0.3 is 11.9 Å². The molecule has 3 heterocycles. The Labute approximate surface area is 231 Å². The molecule has 2 aromatic heterocycles. The molecule has 1 fully saturated rings. The average molecular weight is 553 g/mol. The molecule has 0 bridgehead atoms. The summed E-state index contributed by atoms with van der Waals surface area (Å²) in [6, 6.07) is 15.6. The number of benzene rings is 2. The fourth-order valence-electron chi connectivity index (χ4n) is 5.36. The maximum atomic E-state index is 10.7. The van der Waals surface area contributed by atoms with Crippen LogP contribution < -0.4 is 4.74 Å². The third kappa shape index (κ3) is 6.98. The van der Waals surface area contributed by atoms with Crippen molar-refractivity contribution in [3.8, 4) is 5.75 Å². The Morgan fingerprint density at radius 1 is 1.10 bits per heavy atom. The van der Waals surface area contributed by atoms with Gasteiger partial charge in [-0.3, -0.25) is 4.90 Å². The van der Waals surface area contributed by atoms with Crippen molar-refractivity contribution in [2.24, 2.45) is 0 Å². The van der Waals surface area contributed by atoms with Crippen LogP contribution in [0.1, 0.15) is 47.4 Å². The van der Waals surface area contributed by atoms with E-state index in [1.54, 1.807) is 0 Å². The van der Waals surface area contributed by atoms with Crippen LogP contribution in [-0.4, -0.2) is 69.0 Å². The van der Waals surface area contributed by atoms with Crippen molar-refractivity contribution < 1.29 is 29.6 Å². The molecule has 4 N–H and O–H groups in total. The number of aromatic amines is 1. The van der Waals surface area contributed by atoms with Crippen LogP contribution in [-0.2, 0) is 9.59 Å². The number of nitrogens with one attached hydrogen (secondary N) is 1. The molecular weight excluding hydrogens is 516 g/mol. The lowest BCUT2D eigenvalue weighted by atomic mass is 9.89. The molecule has 3 atom stereocenters. The monoisotopic (exact) mass is 552 g/mol. The molecule has 9 heteroatoms. The lowest BCUT2D eigenvalue weighted by Gasteiger charge is -2.38. The largest absolute Gasteiger partial charge is 0.490 e. The number of carboxylic acid groups (broad SMARTS) is 2. The molecule has 1 aliphatic heterocycles. The second-order valence-corrected chi connectivity index (χ2v) is 11.6. The number of aliphatic carboxylic acids is 2. The summed E-state index contributed by atoms with van der Waals surface area (Å²) in [6.45, 7) is 10.7. The van der Waals surface area contributed by atoms with Gasteiger partial charge in [0, 0.05) is 38.8 Å². The smallest absolute Gasteiger partial charge is 0.414 e. The molecule has 0 amide bonds. The van der Waals surface area contributed by atoms with Crippen LogP contribution in [0.3, 0.4) is 0 Å². The first kappa shape index (κ1) is 28.6. The van der Waals surface area contributed by atoms with E-state index in [0.29, 0.717) is 25.1 Å². The van der Waals surface area contributed by atoms with Gasteiger partial charge < -0.3 is 25.0 Å². The number of fused-ring (bicyclic) bond motifs is 2. The molecule has 0 aliphatic carbocycles. The number of aliphatic hydroxyl groups excluding tert-OH is 1. The number of likely N-dealkylation sites (tertiary alicyclic amines) is 1. The number of aryl methyl sites for hydroxylation is 3. The van der Waals surface area contributed by atoms with Gasteiger partial charge in [-0.15, -0.1) is 11.3 Å². The minimum atomic E-state index is -1.82. The number of aromatic nitrogens is 1. The van der Waals surface area contributed by atoms with E-state index < -0.39 is 18.0 Å². The Morgan fingerprint density at radius 2 is 1.85 bits per heavy atom. The summed E-state index contributed by atoms with van der Waals surface area (Å²) in [6.07, 6.45) is 1.78. The summed E-state index contributed by atoms with van der Waals surface area (Å²) in [5.74, 6) is -2.21. The number of aliphatic hydroxyl groups is 1. The van der Waals surface area contributed by atoms with E-state index in [1.165, 1.54) is 26.1 Å². The SMILES string of the molecule is Cc1cc(C)c2cc([C@H]3CCN(C[C@H](O)COc4cccc5[nH]c(C)cc45)[C@H](C)C3)sc2c1.O=C(O)C(=O)O. The standard InChI is InChI=1S/C28H34N2O2S.C2H2O4/c1-17-10-18(2)23-14-27(33-28(23)11-17)21-8-9-30(20(4)13-21)15-22(31)16-32-26-7-5-6-25-24(26)12-19(3)29-25;3-1(4)2(5)6/h5-7,10-12,14,20-22,29,31H,8-9,13,15-16H2,1-4H3;(H,3,4)(H,5,6)/t20-,21+,22+;/m1./s1. The fourth-order valence-corrected chi connectivity index (χ4v) is 6.75. The maximum Gasteiger partial charge on any atom is 0.414 e. The highest BCUT2D eigenvalue weighted by Gasteiger charge is 2.29. The Morgan fingerprint density at radius 3 is 2.54 bits per heavy atom. The molecular formula is C30H36N2O6S. The number of ether oxygens (including phenoxy) is 1. The molecule has 2 aromatic carbocycles. The minimum absolute atomic E-state index is 0.310. The van der Waals surface area contributed by atoms with Crippen molar-refractivity contribution in [3.05, 3.63) is 64.2 Å². The topological polar surface area (TPSA) is 123 Å². The molecule has 0 spiro atoms. The van der Waals surface area contributed by atoms with Crippen molar-refractivity contribution in [2.45, 2.75) is 58.6 Å². The highest BCUT2D eigenvalue weighted by atomic mass is 32.1. The van der Waals surface area contributed by atoms with Gasteiger partial charge in [0.15, 0.2) is 0 Å². The molecule has 4 aromatic rings.